The van der Waals surface area contributed by atoms with E-state index in [-0.39, 0.29) is 72.0 Å². The Labute approximate surface area is 127 Å². The first kappa shape index (κ1) is 20.3. The standard InChI is InChI=1S/C7H13NO4.2Na/c8-5(7(11)12)3-1-2-4-6(9)10;;/h5H,1-4,8H2,(H,9,10)(H,11,12);;/q;2*+1/p-2. The Morgan fingerprint density at radius 1 is 1.14 bits per heavy atom. The fourth-order valence-electron chi connectivity index (χ4n) is 0.751. The number of hydrogen-bond acceptors (Lipinski definition) is 5. The maximum absolute atomic E-state index is 10.1. The van der Waals surface area contributed by atoms with Crippen LogP contribution in [0, 0.1) is 0 Å². The summed E-state index contributed by atoms with van der Waals surface area (Å²) in [6.45, 7) is 0. The quantitative estimate of drug-likeness (QED) is 0.352. The molecule has 0 aliphatic rings. The maximum Gasteiger partial charge on any atom is 1.00 e. The van der Waals surface area contributed by atoms with Crippen molar-refractivity contribution in [1.82, 2.24) is 0 Å². The van der Waals surface area contributed by atoms with Gasteiger partial charge in [0, 0.05) is 12.0 Å². The van der Waals surface area contributed by atoms with E-state index >= 15 is 0 Å². The van der Waals surface area contributed by atoms with E-state index in [1.807, 2.05) is 0 Å². The summed E-state index contributed by atoms with van der Waals surface area (Å²) in [7, 11) is 0. The number of hydrogen-bond donors (Lipinski definition) is 1. The molecule has 0 bridgehead atoms. The summed E-state index contributed by atoms with van der Waals surface area (Å²) in [6, 6.07) is -0.994. The second-order valence-electron chi connectivity index (χ2n) is 2.54. The molecular weight excluding hydrogens is 208 g/mol. The van der Waals surface area contributed by atoms with Gasteiger partial charge in [-0.3, -0.25) is 0 Å². The molecule has 0 aromatic rings. The SMILES string of the molecule is NC(CCCCC(=O)[O-])C(=O)[O-].[Na+].[Na+]. The number of unbranched alkanes of at least 4 members (excludes halogenated alkanes) is 1. The van der Waals surface area contributed by atoms with Crippen LogP contribution in [0.5, 0.6) is 0 Å². The molecular formula is C7H11NNa2O4. The van der Waals surface area contributed by atoms with Crippen molar-refractivity contribution in [2.24, 2.45) is 5.73 Å². The number of carboxylic acid groups (broad SMARTS) is 2. The van der Waals surface area contributed by atoms with Crippen LogP contribution in [0.4, 0.5) is 0 Å². The molecule has 0 rings (SSSR count). The van der Waals surface area contributed by atoms with Crippen LogP contribution in [0.3, 0.4) is 0 Å². The van der Waals surface area contributed by atoms with Crippen LogP contribution in [0.1, 0.15) is 25.7 Å². The van der Waals surface area contributed by atoms with E-state index in [1.54, 1.807) is 0 Å². The van der Waals surface area contributed by atoms with Gasteiger partial charge < -0.3 is 25.5 Å². The van der Waals surface area contributed by atoms with Gasteiger partial charge in [-0.25, -0.2) is 0 Å². The number of rotatable bonds is 6. The molecule has 0 radical (unpaired) electrons. The molecule has 0 heterocycles. The molecule has 0 aromatic carbocycles. The second kappa shape index (κ2) is 12.0. The van der Waals surface area contributed by atoms with Gasteiger partial charge in [-0.1, -0.05) is 6.42 Å². The number of carbonyl (C=O) groups excluding carboxylic acids is 2. The molecule has 0 saturated heterocycles. The predicted octanol–water partition coefficient (Wildman–Crippen LogP) is -8.62. The summed E-state index contributed by atoms with van der Waals surface area (Å²) < 4.78 is 0. The van der Waals surface area contributed by atoms with Crippen molar-refractivity contribution < 1.29 is 78.9 Å². The third kappa shape index (κ3) is 12.9. The Balaban J connectivity index is -0.000000605. The first-order valence-electron chi connectivity index (χ1n) is 3.70. The van der Waals surface area contributed by atoms with Crippen molar-refractivity contribution >= 4 is 11.9 Å². The summed E-state index contributed by atoms with van der Waals surface area (Å²) in [5.74, 6) is -2.43. The average Bonchev–Trinajstić information content (AvgIpc) is 1.97. The number of nitrogens with two attached hydrogens (primary N) is 1. The minimum Gasteiger partial charge on any atom is -0.550 e. The number of carbonyl (C=O) groups is 2. The summed E-state index contributed by atoms with van der Waals surface area (Å²) in [6.07, 6.45) is 1.04. The Morgan fingerprint density at radius 3 is 2.00 bits per heavy atom. The van der Waals surface area contributed by atoms with Gasteiger partial charge in [-0.2, -0.15) is 0 Å². The van der Waals surface area contributed by atoms with E-state index in [0.29, 0.717) is 12.8 Å². The molecule has 7 heteroatoms. The molecule has 0 fully saturated rings. The Hall–Kier alpha value is 0.900. The van der Waals surface area contributed by atoms with E-state index < -0.39 is 18.0 Å². The van der Waals surface area contributed by atoms with E-state index in [0.717, 1.165) is 0 Å². The molecule has 0 aliphatic carbocycles. The smallest absolute Gasteiger partial charge is 0.550 e. The minimum absolute atomic E-state index is 0. The molecule has 2 N–H and O–H groups in total. The Bertz CT molecular complexity index is 177. The van der Waals surface area contributed by atoms with E-state index in [4.69, 9.17) is 5.73 Å². The van der Waals surface area contributed by atoms with Crippen molar-refractivity contribution in [3.05, 3.63) is 0 Å². The number of aliphatic carboxylic acids is 2. The Morgan fingerprint density at radius 2 is 1.64 bits per heavy atom. The van der Waals surface area contributed by atoms with Gasteiger partial charge in [-0.15, -0.1) is 0 Å². The fraction of sp³-hybridized carbons (Fsp3) is 0.714. The molecule has 0 aliphatic heterocycles. The van der Waals surface area contributed by atoms with Crippen molar-refractivity contribution in [2.45, 2.75) is 31.7 Å². The largest absolute Gasteiger partial charge is 1.00 e. The topological polar surface area (TPSA) is 106 Å². The van der Waals surface area contributed by atoms with Gasteiger partial charge in [0.15, 0.2) is 0 Å². The summed E-state index contributed by atoms with van der Waals surface area (Å²) in [5.41, 5.74) is 5.11. The predicted molar refractivity (Wildman–Crippen MR) is 36.5 cm³/mol. The molecule has 0 saturated carbocycles. The van der Waals surface area contributed by atoms with E-state index in [9.17, 15) is 19.8 Å². The van der Waals surface area contributed by atoms with Gasteiger partial charge in [0.1, 0.15) is 0 Å². The minimum atomic E-state index is -1.30. The summed E-state index contributed by atoms with van der Waals surface area (Å²) in [4.78, 5) is 20.0. The molecule has 1 atom stereocenters. The fourth-order valence-corrected chi connectivity index (χ4v) is 0.751. The van der Waals surface area contributed by atoms with Gasteiger partial charge in [0.05, 0.1) is 5.97 Å². The van der Waals surface area contributed by atoms with Crippen LogP contribution in [-0.4, -0.2) is 18.0 Å². The summed E-state index contributed by atoms with van der Waals surface area (Å²) >= 11 is 0. The van der Waals surface area contributed by atoms with Gasteiger partial charge in [0.25, 0.3) is 0 Å². The zero-order valence-electron chi connectivity index (χ0n) is 8.62. The molecule has 0 spiro atoms. The zero-order chi connectivity index (χ0) is 9.56. The van der Waals surface area contributed by atoms with E-state index in [2.05, 4.69) is 0 Å². The van der Waals surface area contributed by atoms with Gasteiger partial charge in [-0.05, 0) is 19.3 Å². The average molecular weight is 219 g/mol. The zero-order valence-corrected chi connectivity index (χ0v) is 12.6. The Kier molecular flexibility index (Phi) is 17.4. The van der Waals surface area contributed by atoms with Crippen molar-refractivity contribution in [3.8, 4) is 0 Å². The van der Waals surface area contributed by atoms with Crippen LogP contribution in [-0.2, 0) is 9.59 Å². The molecule has 0 amide bonds. The summed E-state index contributed by atoms with van der Waals surface area (Å²) in [5, 5.41) is 20.0. The maximum atomic E-state index is 10.1. The third-order valence-corrected chi connectivity index (χ3v) is 1.45. The molecule has 1 unspecified atom stereocenters. The van der Waals surface area contributed by atoms with E-state index in [1.165, 1.54) is 0 Å². The molecule has 70 valence electrons. The second-order valence-corrected chi connectivity index (χ2v) is 2.54. The molecule has 14 heavy (non-hydrogen) atoms. The number of carboxylic acids is 2. The van der Waals surface area contributed by atoms with Crippen LogP contribution < -0.4 is 75.1 Å². The van der Waals surface area contributed by atoms with Crippen molar-refractivity contribution in [2.75, 3.05) is 0 Å². The first-order valence-corrected chi connectivity index (χ1v) is 3.70. The normalized spacial score (nSPS) is 10.6. The van der Waals surface area contributed by atoms with Crippen molar-refractivity contribution in [3.63, 3.8) is 0 Å². The van der Waals surface area contributed by atoms with Crippen LogP contribution in [0.2, 0.25) is 0 Å². The van der Waals surface area contributed by atoms with Gasteiger partial charge >= 0.3 is 59.1 Å². The van der Waals surface area contributed by atoms with Gasteiger partial charge in [0.2, 0.25) is 0 Å². The molecule has 0 aromatic heterocycles. The van der Waals surface area contributed by atoms with Crippen LogP contribution in [0.15, 0.2) is 0 Å². The third-order valence-electron chi connectivity index (χ3n) is 1.45. The molecule has 5 nitrogen and oxygen atoms in total. The van der Waals surface area contributed by atoms with Crippen LogP contribution >= 0.6 is 0 Å². The first-order chi connectivity index (χ1) is 5.54. The van der Waals surface area contributed by atoms with Crippen molar-refractivity contribution in [1.29, 1.82) is 0 Å². The monoisotopic (exact) mass is 219 g/mol. The van der Waals surface area contributed by atoms with Crippen LogP contribution in [0.25, 0.3) is 0 Å².